The molecule has 0 aliphatic carbocycles. The third-order valence-electron chi connectivity index (χ3n) is 1.33. The van der Waals surface area contributed by atoms with Crippen LogP contribution >= 0.6 is 0 Å². The molecular weight excluding hydrogens is 180 g/mol. The Morgan fingerprint density at radius 2 is 1.71 bits per heavy atom. The lowest BCUT2D eigenvalue weighted by molar-refractivity contribution is -0.000300. The lowest BCUT2D eigenvalue weighted by Gasteiger charge is -2.07. The van der Waals surface area contributed by atoms with Gasteiger partial charge in [-0.2, -0.15) is 0 Å². The predicted molar refractivity (Wildman–Crippen MR) is 56.2 cm³/mol. The third kappa shape index (κ3) is 6.46. The van der Waals surface area contributed by atoms with Crippen molar-refractivity contribution in [2.75, 3.05) is 6.61 Å². The zero-order valence-corrected chi connectivity index (χ0v) is 8.90. The molecule has 0 amide bonds. The molecule has 1 aromatic carbocycles. The fourth-order valence-electron chi connectivity index (χ4n) is 0.814. The van der Waals surface area contributed by atoms with Crippen LogP contribution in [-0.2, 0) is 0 Å². The van der Waals surface area contributed by atoms with E-state index in [0.717, 1.165) is 0 Å². The van der Waals surface area contributed by atoms with Crippen LogP contribution < -0.4 is 4.74 Å². The molecule has 3 heteroatoms. The standard InChI is InChI=1S/C9H12O2.C2H6O/c1-7-3-5-9(6-4-7)11-8(2)10;1-2-3/h3-6,8,10H,1-2H3;3H,2H2,1H3. The summed E-state index contributed by atoms with van der Waals surface area (Å²) < 4.78 is 5.02. The van der Waals surface area contributed by atoms with Crippen LogP contribution in [0.25, 0.3) is 0 Å². The number of hydrogen-bond donors (Lipinski definition) is 2. The number of benzene rings is 1. The highest BCUT2D eigenvalue weighted by Crippen LogP contribution is 2.12. The molecule has 0 heterocycles. The van der Waals surface area contributed by atoms with Gasteiger partial charge in [-0.3, -0.25) is 0 Å². The number of aliphatic hydroxyl groups excluding tert-OH is 2. The highest BCUT2D eigenvalue weighted by molar-refractivity contribution is 5.26. The van der Waals surface area contributed by atoms with E-state index in [9.17, 15) is 0 Å². The smallest absolute Gasteiger partial charge is 0.194 e. The average Bonchev–Trinajstić information content (AvgIpc) is 2.09. The maximum absolute atomic E-state index is 8.85. The van der Waals surface area contributed by atoms with Crippen molar-refractivity contribution in [1.82, 2.24) is 0 Å². The van der Waals surface area contributed by atoms with Crippen molar-refractivity contribution in [3.05, 3.63) is 29.8 Å². The molecule has 0 radical (unpaired) electrons. The first kappa shape index (κ1) is 12.9. The Balaban J connectivity index is 0.000000500. The Labute approximate surface area is 85.0 Å². The molecule has 80 valence electrons. The second kappa shape index (κ2) is 7.35. The van der Waals surface area contributed by atoms with Crippen molar-refractivity contribution < 1.29 is 14.9 Å². The van der Waals surface area contributed by atoms with Crippen molar-refractivity contribution in [1.29, 1.82) is 0 Å². The van der Waals surface area contributed by atoms with Gasteiger partial charge in [0.1, 0.15) is 5.75 Å². The topological polar surface area (TPSA) is 49.7 Å². The molecule has 1 rings (SSSR count). The van der Waals surface area contributed by atoms with E-state index in [-0.39, 0.29) is 6.61 Å². The quantitative estimate of drug-likeness (QED) is 0.711. The highest BCUT2D eigenvalue weighted by Gasteiger charge is 1.95. The van der Waals surface area contributed by atoms with Gasteiger partial charge in [0, 0.05) is 6.61 Å². The number of ether oxygens (including phenoxy) is 1. The first-order valence-electron chi connectivity index (χ1n) is 4.62. The molecule has 0 aromatic heterocycles. The summed E-state index contributed by atoms with van der Waals surface area (Å²) >= 11 is 0. The molecule has 1 aromatic rings. The molecule has 1 atom stereocenters. The Morgan fingerprint density at radius 3 is 2.07 bits per heavy atom. The minimum Gasteiger partial charge on any atom is -0.465 e. The van der Waals surface area contributed by atoms with Gasteiger partial charge in [0.15, 0.2) is 6.29 Å². The summed E-state index contributed by atoms with van der Waals surface area (Å²) in [7, 11) is 0. The Kier molecular flexibility index (Phi) is 6.80. The number of rotatable bonds is 2. The maximum atomic E-state index is 8.85. The van der Waals surface area contributed by atoms with Gasteiger partial charge in [-0.1, -0.05) is 17.7 Å². The van der Waals surface area contributed by atoms with Gasteiger partial charge in [0.2, 0.25) is 0 Å². The van der Waals surface area contributed by atoms with E-state index >= 15 is 0 Å². The molecule has 3 nitrogen and oxygen atoms in total. The first-order valence-corrected chi connectivity index (χ1v) is 4.62. The van der Waals surface area contributed by atoms with Crippen molar-refractivity contribution >= 4 is 0 Å². The van der Waals surface area contributed by atoms with Crippen LogP contribution in [0.4, 0.5) is 0 Å². The Bertz CT molecular complexity index is 229. The minimum atomic E-state index is -0.738. The fraction of sp³-hybridized carbons (Fsp3) is 0.455. The fourth-order valence-corrected chi connectivity index (χ4v) is 0.814. The maximum Gasteiger partial charge on any atom is 0.194 e. The Morgan fingerprint density at radius 1 is 1.29 bits per heavy atom. The first-order chi connectivity index (χ1) is 6.60. The van der Waals surface area contributed by atoms with Crippen LogP contribution in [0.2, 0.25) is 0 Å². The summed E-state index contributed by atoms with van der Waals surface area (Å²) in [6.07, 6.45) is -0.738. The van der Waals surface area contributed by atoms with Crippen molar-refractivity contribution in [2.45, 2.75) is 27.1 Å². The van der Waals surface area contributed by atoms with Gasteiger partial charge >= 0.3 is 0 Å². The van der Waals surface area contributed by atoms with Gasteiger partial charge in [-0.25, -0.2) is 0 Å². The lowest BCUT2D eigenvalue weighted by atomic mass is 10.2. The normalized spacial score (nSPS) is 11.2. The minimum absolute atomic E-state index is 0.250. The summed E-state index contributed by atoms with van der Waals surface area (Å²) in [6, 6.07) is 7.56. The van der Waals surface area contributed by atoms with E-state index < -0.39 is 6.29 Å². The van der Waals surface area contributed by atoms with Crippen LogP contribution in [0, 0.1) is 6.92 Å². The molecule has 0 spiro atoms. The predicted octanol–water partition coefficient (Wildman–Crippen LogP) is 1.71. The molecule has 0 saturated carbocycles. The lowest BCUT2D eigenvalue weighted by Crippen LogP contribution is -2.09. The van der Waals surface area contributed by atoms with Crippen molar-refractivity contribution in [3.8, 4) is 5.75 Å². The van der Waals surface area contributed by atoms with E-state index in [2.05, 4.69) is 0 Å². The second-order valence-corrected chi connectivity index (χ2v) is 2.85. The summed E-state index contributed by atoms with van der Waals surface area (Å²) in [4.78, 5) is 0. The van der Waals surface area contributed by atoms with Crippen LogP contribution in [0.1, 0.15) is 19.4 Å². The molecule has 1 unspecified atom stereocenters. The van der Waals surface area contributed by atoms with Crippen molar-refractivity contribution in [3.63, 3.8) is 0 Å². The molecular formula is C11H18O3. The van der Waals surface area contributed by atoms with E-state index in [1.807, 2.05) is 31.2 Å². The molecule has 2 N–H and O–H groups in total. The van der Waals surface area contributed by atoms with Crippen LogP contribution in [0.15, 0.2) is 24.3 Å². The summed E-state index contributed by atoms with van der Waals surface area (Å²) in [5.41, 5.74) is 1.18. The number of aliphatic hydroxyl groups is 2. The van der Waals surface area contributed by atoms with Gasteiger partial charge in [-0.05, 0) is 32.9 Å². The largest absolute Gasteiger partial charge is 0.465 e. The average molecular weight is 198 g/mol. The van der Waals surface area contributed by atoms with E-state index in [4.69, 9.17) is 14.9 Å². The molecule has 0 aliphatic heterocycles. The molecule has 14 heavy (non-hydrogen) atoms. The number of hydrogen-bond acceptors (Lipinski definition) is 3. The van der Waals surface area contributed by atoms with Gasteiger partial charge < -0.3 is 14.9 Å². The van der Waals surface area contributed by atoms with Crippen molar-refractivity contribution in [2.24, 2.45) is 0 Å². The van der Waals surface area contributed by atoms with E-state index in [0.29, 0.717) is 5.75 Å². The summed E-state index contributed by atoms with van der Waals surface area (Å²) in [6.45, 7) is 5.52. The van der Waals surface area contributed by atoms with Gasteiger partial charge in [0.05, 0.1) is 0 Å². The van der Waals surface area contributed by atoms with Crippen LogP contribution in [-0.4, -0.2) is 23.1 Å². The number of aryl methyl sites for hydroxylation is 1. The summed E-state index contributed by atoms with van der Waals surface area (Å²) in [5.74, 6) is 0.700. The zero-order valence-electron chi connectivity index (χ0n) is 8.90. The third-order valence-corrected chi connectivity index (χ3v) is 1.33. The van der Waals surface area contributed by atoms with Gasteiger partial charge in [0.25, 0.3) is 0 Å². The summed E-state index contributed by atoms with van der Waals surface area (Å²) in [5, 5.41) is 16.4. The molecule has 0 fully saturated rings. The Hall–Kier alpha value is -1.06. The van der Waals surface area contributed by atoms with Crippen LogP contribution in [0.3, 0.4) is 0 Å². The molecule has 0 saturated heterocycles. The molecule has 0 bridgehead atoms. The second-order valence-electron chi connectivity index (χ2n) is 2.85. The van der Waals surface area contributed by atoms with E-state index in [1.54, 1.807) is 13.8 Å². The van der Waals surface area contributed by atoms with Gasteiger partial charge in [-0.15, -0.1) is 0 Å². The zero-order chi connectivity index (χ0) is 11.0. The van der Waals surface area contributed by atoms with Crippen LogP contribution in [0.5, 0.6) is 5.75 Å². The monoisotopic (exact) mass is 198 g/mol. The molecule has 0 aliphatic rings. The SMILES string of the molecule is CCO.Cc1ccc(OC(C)O)cc1. The highest BCUT2D eigenvalue weighted by atomic mass is 16.6. The van der Waals surface area contributed by atoms with E-state index in [1.165, 1.54) is 5.56 Å².